The zero-order valence-electron chi connectivity index (χ0n) is 6.71. The number of aliphatic carboxylic acids is 1. The van der Waals surface area contributed by atoms with Crippen LogP contribution in [0, 0.1) is 5.92 Å². The summed E-state index contributed by atoms with van der Waals surface area (Å²) >= 11 is 17.3. The van der Waals surface area contributed by atoms with Crippen LogP contribution in [0.25, 0.3) is 0 Å². The molecule has 4 atom stereocenters. The molecule has 0 radical (unpaired) electrons. The molecule has 14 heavy (non-hydrogen) atoms. The standard InChI is InChI=1S/C7H7Br5O2/c8-2-1(7(13)14)3(9)5(11)6(12)4(2)10/h1-6H,(H,13,14). The first-order chi connectivity index (χ1) is 6.37. The van der Waals surface area contributed by atoms with Gasteiger partial charge in [0.1, 0.15) is 0 Å². The Hall–Kier alpha value is 1.87. The van der Waals surface area contributed by atoms with Gasteiger partial charge in [-0.3, -0.25) is 4.79 Å². The lowest BCUT2D eigenvalue weighted by atomic mass is 9.89. The fourth-order valence-corrected chi connectivity index (χ4v) is 6.75. The van der Waals surface area contributed by atoms with Crippen LogP contribution in [0.2, 0.25) is 0 Å². The fraction of sp³-hybridized carbons (Fsp3) is 0.857. The summed E-state index contributed by atoms with van der Waals surface area (Å²) in [7, 11) is 0. The van der Waals surface area contributed by atoms with Crippen molar-refractivity contribution in [3.8, 4) is 0 Å². The second-order valence-corrected chi connectivity index (χ2v) is 8.37. The van der Waals surface area contributed by atoms with Crippen molar-refractivity contribution in [2.75, 3.05) is 0 Å². The maximum Gasteiger partial charge on any atom is 0.308 e. The van der Waals surface area contributed by atoms with Gasteiger partial charge < -0.3 is 5.11 Å². The number of carboxylic acids is 1. The van der Waals surface area contributed by atoms with Crippen molar-refractivity contribution >= 4 is 85.6 Å². The van der Waals surface area contributed by atoms with E-state index in [1.807, 2.05) is 0 Å². The lowest BCUT2D eigenvalue weighted by molar-refractivity contribution is -0.141. The Morgan fingerprint density at radius 3 is 1.36 bits per heavy atom. The SMILES string of the molecule is O=C(O)C1C(Br)C(Br)C(Br)C(Br)C1Br. The molecule has 0 aromatic rings. The van der Waals surface area contributed by atoms with Crippen LogP contribution >= 0.6 is 79.6 Å². The molecule has 0 aromatic heterocycles. The normalized spacial score (nSPS) is 48.9. The minimum Gasteiger partial charge on any atom is -0.481 e. The Morgan fingerprint density at radius 1 is 0.786 bits per heavy atom. The van der Waals surface area contributed by atoms with E-state index in [1.165, 1.54) is 0 Å². The molecular weight excluding hydrogens is 516 g/mol. The molecule has 0 aliphatic heterocycles. The van der Waals surface area contributed by atoms with Crippen molar-refractivity contribution in [3.63, 3.8) is 0 Å². The molecule has 1 aliphatic rings. The minimum absolute atomic E-state index is 0.0850. The van der Waals surface area contributed by atoms with Gasteiger partial charge in [-0.1, -0.05) is 79.6 Å². The van der Waals surface area contributed by atoms with Crippen molar-refractivity contribution in [3.05, 3.63) is 0 Å². The number of halogens is 5. The van der Waals surface area contributed by atoms with E-state index in [1.54, 1.807) is 0 Å². The molecule has 1 rings (SSSR count). The molecular formula is C7H7Br5O2. The molecule has 82 valence electrons. The summed E-state index contributed by atoms with van der Waals surface area (Å²) in [6.45, 7) is 0. The van der Waals surface area contributed by atoms with E-state index in [0.29, 0.717) is 0 Å². The number of hydrogen-bond acceptors (Lipinski definition) is 1. The molecule has 7 heteroatoms. The number of alkyl halides is 5. The van der Waals surface area contributed by atoms with Crippen molar-refractivity contribution in [2.24, 2.45) is 5.92 Å². The zero-order chi connectivity index (χ0) is 11.0. The first-order valence-corrected chi connectivity index (χ1v) is 8.39. The molecule has 0 amide bonds. The van der Waals surface area contributed by atoms with Crippen LogP contribution in [0.3, 0.4) is 0 Å². The monoisotopic (exact) mass is 518 g/mol. The fourth-order valence-electron chi connectivity index (χ4n) is 1.37. The summed E-state index contributed by atoms with van der Waals surface area (Å²) in [4.78, 5) is 11.2. The highest BCUT2D eigenvalue weighted by Crippen LogP contribution is 2.44. The molecule has 2 nitrogen and oxygen atoms in total. The largest absolute Gasteiger partial charge is 0.481 e. The van der Waals surface area contributed by atoms with Crippen LogP contribution < -0.4 is 0 Å². The number of carbonyl (C=O) groups is 1. The van der Waals surface area contributed by atoms with Gasteiger partial charge in [-0.25, -0.2) is 0 Å². The first-order valence-electron chi connectivity index (χ1n) is 3.81. The predicted octanol–water partition coefficient (Wildman–Crippen LogP) is 3.52. The van der Waals surface area contributed by atoms with E-state index in [9.17, 15) is 4.79 Å². The number of carboxylic acid groups (broad SMARTS) is 1. The van der Waals surface area contributed by atoms with Gasteiger partial charge in [0.15, 0.2) is 0 Å². The minimum atomic E-state index is -0.790. The molecule has 0 saturated heterocycles. The molecule has 0 bridgehead atoms. The van der Waals surface area contributed by atoms with Gasteiger partial charge in [-0.15, -0.1) is 0 Å². The van der Waals surface area contributed by atoms with Crippen molar-refractivity contribution in [1.29, 1.82) is 0 Å². The van der Waals surface area contributed by atoms with Crippen LogP contribution in [0.15, 0.2) is 0 Å². The molecule has 1 N–H and O–H groups in total. The second kappa shape index (κ2) is 5.47. The Bertz CT molecular complexity index is 220. The van der Waals surface area contributed by atoms with Crippen molar-refractivity contribution in [2.45, 2.75) is 24.1 Å². The Morgan fingerprint density at radius 2 is 1.07 bits per heavy atom. The zero-order valence-corrected chi connectivity index (χ0v) is 14.6. The number of rotatable bonds is 1. The van der Waals surface area contributed by atoms with Crippen LogP contribution in [-0.2, 0) is 4.79 Å². The van der Waals surface area contributed by atoms with Crippen LogP contribution in [-0.4, -0.2) is 35.2 Å². The van der Waals surface area contributed by atoms with Gasteiger partial charge in [-0.05, 0) is 0 Å². The average molecular weight is 523 g/mol. The van der Waals surface area contributed by atoms with Gasteiger partial charge >= 0.3 is 5.97 Å². The van der Waals surface area contributed by atoms with E-state index < -0.39 is 11.9 Å². The molecule has 1 fully saturated rings. The molecule has 0 heterocycles. The van der Waals surface area contributed by atoms with Crippen LogP contribution in [0.5, 0.6) is 0 Å². The van der Waals surface area contributed by atoms with Crippen molar-refractivity contribution < 1.29 is 9.90 Å². The summed E-state index contributed by atoms with van der Waals surface area (Å²) in [6, 6.07) is 0. The van der Waals surface area contributed by atoms with Gasteiger partial charge in [-0.2, -0.15) is 0 Å². The summed E-state index contributed by atoms with van der Waals surface area (Å²) in [5.41, 5.74) is 0. The van der Waals surface area contributed by atoms with Gasteiger partial charge in [0, 0.05) is 24.1 Å². The predicted molar refractivity (Wildman–Crippen MR) is 74.7 cm³/mol. The lowest BCUT2D eigenvalue weighted by Crippen LogP contribution is -2.52. The highest BCUT2D eigenvalue weighted by atomic mass is 79.9. The topological polar surface area (TPSA) is 37.3 Å². The maximum absolute atomic E-state index is 11.1. The quantitative estimate of drug-likeness (QED) is 0.536. The third kappa shape index (κ3) is 2.57. The summed E-state index contributed by atoms with van der Waals surface area (Å²) < 4.78 is 0. The van der Waals surface area contributed by atoms with Crippen LogP contribution in [0.4, 0.5) is 0 Å². The second-order valence-electron chi connectivity index (χ2n) is 3.09. The molecule has 4 unspecified atom stereocenters. The lowest BCUT2D eigenvalue weighted by Gasteiger charge is -2.40. The van der Waals surface area contributed by atoms with E-state index >= 15 is 0 Å². The third-order valence-corrected chi connectivity index (χ3v) is 10.7. The highest BCUT2D eigenvalue weighted by Gasteiger charge is 2.49. The smallest absolute Gasteiger partial charge is 0.308 e. The van der Waals surface area contributed by atoms with Gasteiger partial charge in [0.05, 0.1) is 5.92 Å². The summed E-state index contributed by atoms with van der Waals surface area (Å²) in [5.74, 6) is -1.24. The molecule has 0 aromatic carbocycles. The summed E-state index contributed by atoms with van der Waals surface area (Å²) in [5, 5.41) is 9.08. The Labute approximate surface area is 124 Å². The molecule has 1 aliphatic carbocycles. The van der Waals surface area contributed by atoms with Crippen molar-refractivity contribution in [1.82, 2.24) is 0 Å². The average Bonchev–Trinajstić information content (AvgIpc) is 2.11. The summed E-state index contributed by atoms with van der Waals surface area (Å²) in [6.07, 6.45) is 0. The van der Waals surface area contributed by atoms with Gasteiger partial charge in [0.25, 0.3) is 0 Å². The maximum atomic E-state index is 11.1. The number of hydrogen-bond donors (Lipinski definition) is 1. The van der Waals surface area contributed by atoms with E-state index in [0.717, 1.165) is 0 Å². The Balaban J connectivity index is 2.92. The highest BCUT2D eigenvalue weighted by molar-refractivity contribution is 9.15. The van der Waals surface area contributed by atoms with E-state index in [-0.39, 0.29) is 24.1 Å². The van der Waals surface area contributed by atoms with Crippen LogP contribution in [0.1, 0.15) is 0 Å². The third-order valence-electron chi connectivity index (χ3n) is 2.19. The first kappa shape index (κ1) is 13.9. The Kier molecular flexibility index (Phi) is 5.44. The van der Waals surface area contributed by atoms with E-state index in [2.05, 4.69) is 79.6 Å². The van der Waals surface area contributed by atoms with E-state index in [4.69, 9.17) is 5.11 Å². The molecule has 1 saturated carbocycles. The molecule has 0 spiro atoms. The van der Waals surface area contributed by atoms with Gasteiger partial charge in [0.2, 0.25) is 0 Å².